The maximum atomic E-state index is 10.8. The molecule has 18 heavy (non-hydrogen) atoms. The van der Waals surface area contributed by atoms with Crippen molar-refractivity contribution < 1.29 is 9.53 Å². The van der Waals surface area contributed by atoms with Crippen molar-refractivity contribution in [2.45, 2.75) is 77.6 Å². The number of hydrogen-bond acceptors (Lipinski definition) is 2. The molecule has 0 aliphatic heterocycles. The fraction of sp³-hybridized carbons (Fsp3) is 0.933. The number of esters is 1. The Bertz CT molecular complexity index is 183. The van der Waals surface area contributed by atoms with Gasteiger partial charge in [0.2, 0.25) is 0 Å². The van der Waals surface area contributed by atoms with Gasteiger partial charge < -0.3 is 4.74 Å². The summed E-state index contributed by atoms with van der Waals surface area (Å²) >= 11 is 3.07. The van der Waals surface area contributed by atoms with Gasteiger partial charge in [-0.2, -0.15) is 0 Å². The van der Waals surface area contributed by atoms with Crippen molar-refractivity contribution in [1.82, 2.24) is 0 Å². The Morgan fingerprint density at radius 1 is 0.833 bits per heavy atom. The first-order valence-corrected chi connectivity index (χ1v) is 8.65. The van der Waals surface area contributed by atoms with Crippen molar-refractivity contribution in [2.75, 3.05) is 11.9 Å². The molecule has 108 valence electrons. The minimum absolute atomic E-state index is 0.151. The molecular formula is C15H29BrO2. The molecule has 0 spiro atoms. The normalized spacial score (nSPS) is 10.6. The third-order valence-corrected chi connectivity index (χ3v) is 3.58. The van der Waals surface area contributed by atoms with Crippen molar-refractivity contribution in [3.05, 3.63) is 0 Å². The summed E-state index contributed by atoms with van der Waals surface area (Å²) in [5.74, 6) is -0.151. The number of carbonyl (C=O) groups excluding carboxylic acids is 1. The Hall–Kier alpha value is -0.0500. The number of rotatable bonds is 13. The average Bonchev–Trinajstić information content (AvgIpc) is 2.39. The molecule has 0 aliphatic carbocycles. The predicted octanol–water partition coefficient (Wildman–Crippen LogP) is 5.24. The van der Waals surface area contributed by atoms with E-state index in [0.717, 1.165) is 6.42 Å². The number of ether oxygens (including phenoxy) is 1. The summed E-state index contributed by atoms with van der Waals surface area (Å²) in [5, 5.41) is 0.311. The summed E-state index contributed by atoms with van der Waals surface area (Å²) in [6.45, 7) is 2.84. The van der Waals surface area contributed by atoms with Crippen molar-refractivity contribution >= 4 is 21.9 Å². The molecular weight excluding hydrogens is 292 g/mol. The van der Waals surface area contributed by atoms with Gasteiger partial charge in [0, 0.05) is 0 Å². The maximum Gasteiger partial charge on any atom is 0.316 e. The van der Waals surface area contributed by atoms with E-state index in [-0.39, 0.29) is 5.97 Å². The molecule has 0 rings (SSSR count). The smallest absolute Gasteiger partial charge is 0.316 e. The van der Waals surface area contributed by atoms with Gasteiger partial charge in [-0.05, 0) is 6.42 Å². The van der Waals surface area contributed by atoms with Crippen LogP contribution in [-0.2, 0) is 9.53 Å². The zero-order valence-electron chi connectivity index (χ0n) is 11.9. The number of carbonyl (C=O) groups is 1. The molecule has 0 bridgehead atoms. The highest BCUT2D eigenvalue weighted by atomic mass is 79.9. The van der Waals surface area contributed by atoms with E-state index in [1.165, 1.54) is 64.2 Å². The number of hydrogen-bond donors (Lipinski definition) is 0. The predicted molar refractivity (Wildman–Crippen MR) is 81.2 cm³/mol. The molecule has 0 N–H and O–H groups in total. The lowest BCUT2D eigenvalue weighted by Crippen LogP contribution is -2.06. The monoisotopic (exact) mass is 320 g/mol. The van der Waals surface area contributed by atoms with Crippen molar-refractivity contribution in [1.29, 1.82) is 0 Å². The van der Waals surface area contributed by atoms with Crippen LogP contribution in [0.5, 0.6) is 0 Å². The number of unbranched alkanes of at least 4 members (excludes halogenated alkanes) is 10. The molecule has 0 saturated carbocycles. The molecule has 0 atom stereocenters. The SMILES string of the molecule is CCCCCCCCCCCCCOC(=O)CBr. The van der Waals surface area contributed by atoms with Crippen LogP contribution in [0.3, 0.4) is 0 Å². The van der Waals surface area contributed by atoms with Crippen LogP contribution in [-0.4, -0.2) is 17.9 Å². The molecule has 0 aromatic carbocycles. The summed E-state index contributed by atoms with van der Waals surface area (Å²) in [7, 11) is 0. The number of alkyl halides is 1. The lowest BCUT2D eigenvalue weighted by atomic mass is 10.1. The van der Waals surface area contributed by atoms with Crippen molar-refractivity contribution in [3.63, 3.8) is 0 Å². The lowest BCUT2D eigenvalue weighted by Gasteiger charge is -2.03. The van der Waals surface area contributed by atoms with Crippen LogP contribution < -0.4 is 0 Å². The highest BCUT2D eigenvalue weighted by molar-refractivity contribution is 9.09. The topological polar surface area (TPSA) is 26.3 Å². The van der Waals surface area contributed by atoms with Gasteiger partial charge in [0.1, 0.15) is 5.33 Å². The van der Waals surface area contributed by atoms with E-state index >= 15 is 0 Å². The second-order valence-electron chi connectivity index (χ2n) is 4.89. The van der Waals surface area contributed by atoms with E-state index < -0.39 is 0 Å². The van der Waals surface area contributed by atoms with Gasteiger partial charge in [0.15, 0.2) is 0 Å². The molecule has 0 aromatic heterocycles. The number of halogens is 1. The average molecular weight is 321 g/mol. The standard InChI is InChI=1S/C15H29BrO2/c1-2-3-4-5-6-7-8-9-10-11-12-13-18-15(17)14-16/h2-14H2,1H3. The molecule has 0 saturated heterocycles. The van der Waals surface area contributed by atoms with E-state index in [0.29, 0.717) is 11.9 Å². The van der Waals surface area contributed by atoms with Crippen LogP contribution in [0.2, 0.25) is 0 Å². The molecule has 2 nitrogen and oxygen atoms in total. The van der Waals surface area contributed by atoms with E-state index in [2.05, 4.69) is 22.9 Å². The Morgan fingerprint density at radius 3 is 1.72 bits per heavy atom. The third-order valence-electron chi connectivity index (χ3n) is 3.12. The van der Waals surface area contributed by atoms with Crippen LogP contribution >= 0.6 is 15.9 Å². The zero-order valence-corrected chi connectivity index (χ0v) is 13.5. The molecule has 0 heterocycles. The van der Waals surface area contributed by atoms with E-state index in [4.69, 9.17) is 4.74 Å². The molecule has 3 heteroatoms. The van der Waals surface area contributed by atoms with E-state index in [9.17, 15) is 4.79 Å². The van der Waals surface area contributed by atoms with Gasteiger partial charge in [0.05, 0.1) is 6.61 Å². The second kappa shape index (κ2) is 15.0. The second-order valence-corrected chi connectivity index (χ2v) is 5.45. The Labute approximate surface area is 121 Å². The Kier molecular flexibility index (Phi) is 15.0. The first-order chi connectivity index (χ1) is 8.81. The summed E-state index contributed by atoms with van der Waals surface area (Å²) < 4.78 is 4.99. The van der Waals surface area contributed by atoms with Gasteiger partial charge in [-0.3, -0.25) is 4.79 Å². The molecule has 0 aromatic rings. The molecule has 0 aliphatic rings. The fourth-order valence-corrected chi connectivity index (χ4v) is 2.15. The highest BCUT2D eigenvalue weighted by Crippen LogP contribution is 2.11. The summed E-state index contributed by atoms with van der Waals surface area (Å²) in [5.41, 5.74) is 0. The van der Waals surface area contributed by atoms with Gasteiger partial charge in [-0.25, -0.2) is 0 Å². The summed E-state index contributed by atoms with van der Waals surface area (Å²) in [4.78, 5) is 10.8. The molecule has 0 fully saturated rings. The van der Waals surface area contributed by atoms with Gasteiger partial charge in [0.25, 0.3) is 0 Å². The molecule has 0 radical (unpaired) electrons. The van der Waals surface area contributed by atoms with Crippen LogP contribution in [0.1, 0.15) is 77.6 Å². The minimum Gasteiger partial charge on any atom is -0.465 e. The molecule has 0 amide bonds. The minimum atomic E-state index is -0.151. The van der Waals surface area contributed by atoms with Gasteiger partial charge >= 0.3 is 5.97 Å². The Balaban J connectivity index is 2.97. The first-order valence-electron chi connectivity index (χ1n) is 7.52. The van der Waals surface area contributed by atoms with E-state index in [1.54, 1.807) is 0 Å². The van der Waals surface area contributed by atoms with Crippen LogP contribution in [0.15, 0.2) is 0 Å². The Morgan fingerprint density at radius 2 is 1.28 bits per heavy atom. The van der Waals surface area contributed by atoms with E-state index in [1.807, 2.05) is 0 Å². The summed E-state index contributed by atoms with van der Waals surface area (Å²) in [6, 6.07) is 0. The molecule has 0 unspecified atom stereocenters. The van der Waals surface area contributed by atoms with Crippen molar-refractivity contribution in [3.8, 4) is 0 Å². The van der Waals surface area contributed by atoms with Gasteiger partial charge in [-0.15, -0.1) is 0 Å². The quantitative estimate of drug-likeness (QED) is 0.263. The highest BCUT2D eigenvalue weighted by Gasteiger charge is 1.98. The van der Waals surface area contributed by atoms with Crippen LogP contribution in [0.25, 0.3) is 0 Å². The van der Waals surface area contributed by atoms with Crippen LogP contribution in [0, 0.1) is 0 Å². The van der Waals surface area contributed by atoms with Crippen molar-refractivity contribution in [2.24, 2.45) is 0 Å². The largest absolute Gasteiger partial charge is 0.465 e. The zero-order chi connectivity index (χ0) is 13.5. The first kappa shape index (κ1) is 17.9. The maximum absolute atomic E-state index is 10.8. The van der Waals surface area contributed by atoms with Gasteiger partial charge in [-0.1, -0.05) is 87.1 Å². The van der Waals surface area contributed by atoms with Crippen LogP contribution in [0.4, 0.5) is 0 Å². The third kappa shape index (κ3) is 14.0. The fourth-order valence-electron chi connectivity index (χ4n) is 1.99. The lowest BCUT2D eigenvalue weighted by molar-refractivity contribution is -0.140. The summed E-state index contributed by atoms with van der Waals surface area (Å²) in [6.07, 6.45) is 14.5.